The molecule has 4 rings (SSSR count). The van der Waals surface area contributed by atoms with E-state index >= 15 is 0 Å². The first kappa shape index (κ1) is 21.5. The summed E-state index contributed by atoms with van der Waals surface area (Å²) in [6.45, 7) is 3.49. The minimum Gasteiger partial charge on any atom is -0.508 e. The fraction of sp³-hybridized carbons (Fsp3) is 0.292. The summed E-state index contributed by atoms with van der Waals surface area (Å²) in [6, 6.07) is 12.9. The number of benzene rings is 2. The Balaban J connectivity index is 1.39. The first-order valence-electron chi connectivity index (χ1n) is 10.5. The summed E-state index contributed by atoms with van der Waals surface area (Å²) in [5, 5.41) is 21.9. The van der Waals surface area contributed by atoms with Gasteiger partial charge >= 0.3 is 0 Å². The zero-order valence-corrected chi connectivity index (χ0v) is 17.7. The molecule has 2 atom stereocenters. The van der Waals surface area contributed by atoms with Gasteiger partial charge in [0.25, 0.3) is 0 Å². The highest BCUT2D eigenvalue weighted by Crippen LogP contribution is 2.23. The normalized spacial score (nSPS) is 16.8. The molecule has 1 saturated heterocycles. The summed E-state index contributed by atoms with van der Waals surface area (Å²) in [5.74, 6) is -0.324. The Morgan fingerprint density at radius 1 is 1.34 bits per heavy atom. The molecule has 2 N–H and O–H groups in total. The minimum absolute atomic E-state index is 0.0171. The van der Waals surface area contributed by atoms with Crippen molar-refractivity contribution in [3.8, 4) is 11.8 Å². The molecular weight excluding hydrogens is 409 g/mol. The number of phenols is 1. The van der Waals surface area contributed by atoms with Crippen LogP contribution in [0.3, 0.4) is 0 Å². The maximum Gasteiger partial charge on any atom is 0.240 e. The Morgan fingerprint density at radius 2 is 2.19 bits per heavy atom. The number of hydrogen-bond donors (Lipinski definition) is 2. The van der Waals surface area contributed by atoms with Crippen molar-refractivity contribution < 1.29 is 14.3 Å². The molecule has 3 aromatic rings. The molecule has 1 amide bonds. The van der Waals surface area contributed by atoms with Crippen LogP contribution in [-0.2, 0) is 17.9 Å². The SMILES string of the molecule is CC(c1ccc(C#N)c(F)c1)n1cncc1CN[C@@H]1CCN(Cc2cccc(O)c2)C1=O. The summed E-state index contributed by atoms with van der Waals surface area (Å²) < 4.78 is 16.0. The smallest absolute Gasteiger partial charge is 0.240 e. The molecule has 2 aromatic carbocycles. The van der Waals surface area contributed by atoms with Gasteiger partial charge in [-0.2, -0.15) is 5.26 Å². The molecule has 0 aliphatic carbocycles. The van der Waals surface area contributed by atoms with E-state index in [2.05, 4.69) is 10.3 Å². The van der Waals surface area contributed by atoms with Crippen LogP contribution >= 0.6 is 0 Å². The van der Waals surface area contributed by atoms with Gasteiger partial charge in [0.1, 0.15) is 17.6 Å². The lowest BCUT2D eigenvalue weighted by atomic mass is 10.1. The number of nitriles is 1. The molecule has 1 fully saturated rings. The molecule has 32 heavy (non-hydrogen) atoms. The van der Waals surface area contributed by atoms with Gasteiger partial charge in [-0.3, -0.25) is 4.79 Å². The average Bonchev–Trinajstić information content (AvgIpc) is 3.38. The van der Waals surface area contributed by atoms with E-state index in [1.165, 1.54) is 12.1 Å². The summed E-state index contributed by atoms with van der Waals surface area (Å²) >= 11 is 0. The second-order valence-electron chi connectivity index (χ2n) is 7.97. The van der Waals surface area contributed by atoms with Gasteiger partial charge in [-0.05, 0) is 48.7 Å². The number of likely N-dealkylation sites (tertiary alicyclic amines) is 1. The van der Waals surface area contributed by atoms with Crippen LogP contribution < -0.4 is 5.32 Å². The van der Waals surface area contributed by atoms with Crippen molar-refractivity contribution in [2.24, 2.45) is 0 Å². The van der Waals surface area contributed by atoms with Crippen molar-refractivity contribution in [1.82, 2.24) is 19.8 Å². The molecule has 0 radical (unpaired) electrons. The van der Waals surface area contributed by atoms with E-state index in [4.69, 9.17) is 5.26 Å². The molecule has 1 aliphatic heterocycles. The summed E-state index contributed by atoms with van der Waals surface area (Å²) in [5.41, 5.74) is 2.51. The van der Waals surface area contributed by atoms with Gasteiger partial charge in [0.05, 0.1) is 29.7 Å². The second-order valence-corrected chi connectivity index (χ2v) is 7.97. The van der Waals surface area contributed by atoms with E-state index in [1.54, 1.807) is 41.7 Å². The fourth-order valence-corrected chi connectivity index (χ4v) is 4.05. The van der Waals surface area contributed by atoms with Crippen LogP contribution in [0.5, 0.6) is 5.75 Å². The maximum absolute atomic E-state index is 14.0. The molecule has 164 valence electrons. The van der Waals surface area contributed by atoms with Gasteiger partial charge in [-0.1, -0.05) is 18.2 Å². The number of imidazole rings is 1. The third kappa shape index (κ3) is 4.48. The van der Waals surface area contributed by atoms with Crippen molar-refractivity contribution >= 4 is 5.91 Å². The Bertz CT molecular complexity index is 1170. The van der Waals surface area contributed by atoms with Crippen molar-refractivity contribution in [2.75, 3.05) is 6.54 Å². The lowest BCUT2D eigenvalue weighted by Gasteiger charge is -2.19. The largest absolute Gasteiger partial charge is 0.508 e. The molecular formula is C24H24FN5O2. The molecule has 0 bridgehead atoms. The zero-order valence-electron chi connectivity index (χ0n) is 17.7. The van der Waals surface area contributed by atoms with Gasteiger partial charge in [-0.25, -0.2) is 9.37 Å². The number of phenolic OH excluding ortho intramolecular Hbond substituents is 1. The number of halogens is 1. The van der Waals surface area contributed by atoms with Gasteiger partial charge in [0.15, 0.2) is 0 Å². The topological polar surface area (TPSA) is 94.2 Å². The number of nitrogens with one attached hydrogen (secondary N) is 1. The van der Waals surface area contributed by atoms with E-state index in [9.17, 15) is 14.3 Å². The predicted octanol–water partition coefficient (Wildman–Crippen LogP) is 3.10. The van der Waals surface area contributed by atoms with Crippen LogP contribution in [0.4, 0.5) is 4.39 Å². The third-order valence-electron chi connectivity index (χ3n) is 5.87. The van der Waals surface area contributed by atoms with E-state index in [0.29, 0.717) is 26.1 Å². The van der Waals surface area contributed by atoms with Crippen LogP contribution in [0, 0.1) is 17.1 Å². The highest BCUT2D eigenvalue weighted by atomic mass is 19.1. The summed E-state index contributed by atoms with van der Waals surface area (Å²) in [4.78, 5) is 18.8. The summed E-state index contributed by atoms with van der Waals surface area (Å²) in [7, 11) is 0. The number of rotatable bonds is 7. The van der Waals surface area contributed by atoms with Crippen molar-refractivity contribution in [1.29, 1.82) is 5.26 Å². The van der Waals surface area contributed by atoms with Crippen LogP contribution in [0.2, 0.25) is 0 Å². The minimum atomic E-state index is -0.542. The molecule has 1 unspecified atom stereocenters. The quantitative estimate of drug-likeness (QED) is 0.597. The van der Waals surface area contributed by atoms with Crippen LogP contribution in [0.25, 0.3) is 0 Å². The van der Waals surface area contributed by atoms with E-state index in [1.807, 2.05) is 23.6 Å². The predicted molar refractivity (Wildman–Crippen MR) is 116 cm³/mol. The number of carbonyl (C=O) groups is 1. The van der Waals surface area contributed by atoms with Crippen molar-refractivity contribution in [3.63, 3.8) is 0 Å². The zero-order chi connectivity index (χ0) is 22.7. The molecule has 2 heterocycles. The molecule has 1 aromatic heterocycles. The van der Waals surface area contributed by atoms with E-state index in [-0.39, 0.29) is 29.3 Å². The first-order valence-corrected chi connectivity index (χ1v) is 10.5. The standard InChI is InChI=1S/C24H24FN5O2/c1-16(18-5-6-19(11-26)22(25)10-18)30-15-27-12-20(30)13-28-23-7-8-29(24(23)32)14-17-3-2-4-21(31)9-17/h2-6,9-10,12,15-16,23,28,31H,7-8,13-14H2,1H3/t16?,23-/m1/s1. The Labute approximate surface area is 185 Å². The molecule has 1 aliphatic rings. The van der Waals surface area contributed by atoms with E-state index in [0.717, 1.165) is 16.8 Å². The van der Waals surface area contributed by atoms with Gasteiger partial charge in [0, 0.05) is 25.8 Å². The third-order valence-corrected chi connectivity index (χ3v) is 5.87. The number of nitrogens with zero attached hydrogens (tertiary/aromatic N) is 4. The number of carbonyl (C=O) groups excluding carboxylic acids is 1. The lowest BCUT2D eigenvalue weighted by Crippen LogP contribution is -2.38. The highest BCUT2D eigenvalue weighted by molar-refractivity contribution is 5.84. The number of aromatic nitrogens is 2. The maximum atomic E-state index is 14.0. The fourth-order valence-electron chi connectivity index (χ4n) is 4.05. The Hall–Kier alpha value is -3.70. The van der Waals surface area contributed by atoms with Crippen LogP contribution in [0.15, 0.2) is 55.0 Å². The second kappa shape index (κ2) is 9.20. The Kier molecular flexibility index (Phi) is 6.19. The number of amides is 1. The highest BCUT2D eigenvalue weighted by Gasteiger charge is 2.31. The van der Waals surface area contributed by atoms with Gasteiger partial charge < -0.3 is 19.9 Å². The summed E-state index contributed by atoms with van der Waals surface area (Å²) in [6.07, 6.45) is 4.11. The monoisotopic (exact) mass is 433 g/mol. The van der Waals surface area contributed by atoms with Crippen molar-refractivity contribution in [3.05, 3.63) is 83.2 Å². The number of hydrogen-bond acceptors (Lipinski definition) is 5. The van der Waals surface area contributed by atoms with Gasteiger partial charge in [0.2, 0.25) is 5.91 Å². The van der Waals surface area contributed by atoms with Crippen LogP contribution in [-0.4, -0.2) is 38.1 Å². The first-order chi connectivity index (χ1) is 15.5. The van der Waals surface area contributed by atoms with E-state index < -0.39 is 5.82 Å². The molecule has 8 heteroatoms. The molecule has 0 saturated carbocycles. The lowest BCUT2D eigenvalue weighted by molar-refractivity contribution is -0.129. The van der Waals surface area contributed by atoms with Crippen LogP contribution in [0.1, 0.15) is 41.8 Å². The Morgan fingerprint density at radius 3 is 2.94 bits per heavy atom. The van der Waals surface area contributed by atoms with Crippen molar-refractivity contribution in [2.45, 2.75) is 38.5 Å². The average molecular weight is 433 g/mol. The molecule has 0 spiro atoms. The number of aromatic hydroxyl groups is 1. The molecule has 7 nitrogen and oxygen atoms in total. The van der Waals surface area contributed by atoms with Gasteiger partial charge in [-0.15, -0.1) is 0 Å².